The molecule has 2 aliphatic heterocycles. The molecule has 1 unspecified atom stereocenters. The quantitative estimate of drug-likeness (QED) is 0.904. The fourth-order valence-electron chi connectivity index (χ4n) is 3.64. The van der Waals surface area contributed by atoms with Crippen LogP contribution in [0.15, 0.2) is 30.5 Å². The smallest absolute Gasteiger partial charge is 0.119 e. The summed E-state index contributed by atoms with van der Waals surface area (Å²) in [5.74, 6) is 0.928. The highest BCUT2D eigenvalue weighted by Crippen LogP contribution is 2.36. The predicted molar refractivity (Wildman–Crippen MR) is 82.0 cm³/mol. The molecule has 0 bridgehead atoms. The van der Waals surface area contributed by atoms with Crippen molar-refractivity contribution in [1.82, 2.24) is 9.88 Å². The van der Waals surface area contributed by atoms with Gasteiger partial charge in [-0.25, -0.2) is 0 Å². The highest BCUT2D eigenvalue weighted by Gasteiger charge is 2.28. The van der Waals surface area contributed by atoms with E-state index in [4.69, 9.17) is 4.74 Å². The Morgan fingerprint density at radius 2 is 2.30 bits per heavy atom. The van der Waals surface area contributed by atoms with Crippen LogP contribution in [0.5, 0.6) is 5.75 Å². The molecule has 0 aliphatic carbocycles. The van der Waals surface area contributed by atoms with Gasteiger partial charge >= 0.3 is 0 Å². The van der Waals surface area contributed by atoms with Crippen molar-refractivity contribution in [3.8, 4) is 5.75 Å². The van der Waals surface area contributed by atoms with Crippen LogP contribution in [0.25, 0.3) is 16.5 Å². The van der Waals surface area contributed by atoms with E-state index in [1.54, 1.807) is 7.11 Å². The second-order valence-electron chi connectivity index (χ2n) is 5.84. The Morgan fingerprint density at radius 1 is 1.35 bits per heavy atom. The number of rotatable bonds is 2. The number of aromatic nitrogens is 1. The Hall–Kier alpha value is -1.74. The molecule has 3 heterocycles. The van der Waals surface area contributed by atoms with Crippen molar-refractivity contribution in [3.05, 3.63) is 36.0 Å². The van der Waals surface area contributed by atoms with Crippen LogP contribution >= 0.6 is 0 Å². The molecule has 3 heteroatoms. The third kappa shape index (κ3) is 1.85. The van der Waals surface area contributed by atoms with Gasteiger partial charge in [0.15, 0.2) is 0 Å². The van der Waals surface area contributed by atoms with Crippen molar-refractivity contribution < 1.29 is 4.74 Å². The van der Waals surface area contributed by atoms with E-state index in [-0.39, 0.29) is 0 Å². The maximum atomic E-state index is 5.36. The molecule has 2 aromatic rings. The summed E-state index contributed by atoms with van der Waals surface area (Å²) in [6, 6.07) is 7.01. The third-order valence-corrected chi connectivity index (χ3v) is 4.76. The molecular formula is C17H20N2O. The summed E-state index contributed by atoms with van der Waals surface area (Å²) >= 11 is 0. The van der Waals surface area contributed by atoms with Gasteiger partial charge in [-0.2, -0.15) is 0 Å². The Labute approximate surface area is 119 Å². The van der Waals surface area contributed by atoms with Gasteiger partial charge in [0.2, 0.25) is 0 Å². The van der Waals surface area contributed by atoms with E-state index in [0.717, 1.165) is 18.3 Å². The molecule has 2 aliphatic rings. The summed E-state index contributed by atoms with van der Waals surface area (Å²) in [4.78, 5) is 6.00. The molecule has 0 spiro atoms. The molecule has 1 saturated heterocycles. The number of hydrogen-bond acceptors (Lipinski definition) is 2. The standard InChI is InChI=1S/C17H20N2O/c1-20-14-4-5-17-15(10-14)16(11-18-17)12-6-8-19-7-2-3-13(19)9-12/h4-6,10-11,13,18H,2-3,7-9H2,1H3. The summed E-state index contributed by atoms with van der Waals surface area (Å²) in [7, 11) is 1.73. The lowest BCUT2D eigenvalue weighted by atomic mass is 9.94. The van der Waals surface area contributed by atoms with E-state index in [1.165, 1.54) is 47.8 Å². The summed E-state index contributed by atoms with van der Waals surface area (Å²) in [5.41, 5.74) is 4.04. The number of benzene rings is 1. The van der Waals surface area contributed by atoms with Crippen LogP contribution in [0.4, 0.5) is 0 Å². The van der Waals surface area contributed by atoms with Gasteiger partial charge in [-0.1, -0.05) is 6.08 Å². The zero-order chi connectivity index (χ0) is 13.5. The van der Waals surface area contributed by atoms with Crippen LogP contribution in [0.2, 0.25) is 0 Å². The van der Waals surface area contributed by atoms with Crippen molar-refractivity contribution in [3.63, 3.8) is 0 Å². The second kappa shape index (κ2) is 4.67. The van der Waals surface area contributed by atoms with Crippen molar-refractivity contribution >= 4 is 16.5 Å². The molecule has 1 aromatic carbocycles. The zero-order valence-corrected chi connectivity index (χ0v) is 11.9. The van der Waals surface area contributed by atoms with Crippen LogP contribution in [0.1, 0.15) is 24.8 Å². The fourth-order valence-corrected chi connectivity index (χ4v) is 3.64. The van der Waals surface area contributed by atoms with Crippen molar-refractivity contribution in [2.24, 2.45) is 0 Å². The fraction of sp³-hybridized carbons (Fsp3) is 0.412. The Bertz CT molecular complexity index is 671. The van der Waals surface area contributed by atoms with Crippen LogP contribution in [0, 0.1) is 0 Å². The molecular weight excluding hydrogens is 248 g/mol. The Morgan fingerprint density at radius 3 is 3.20 bits per heavy atom. The molecule has 1 aromatic heterocycles. The van der Waals surface area contributed by atoms with Gasteiger partial charge in [0.1, 0.15) is 5.75 Å². The number of fused-ring (bicyclic) bond motifs is 2. The summed E-state index contributed by atoms with van der Waals surface area (Å²) in [5, 5.41) is 1.28. The lowest BCUT2D eigenvalue weighted by molar-refractivity contribution is 0.275. The zero-order valence-electron chi connectivity index (χ0n) is 11.9. The average Bonchev–Trinajstić information content (AvgIpc) is 3.11. The highest BCUT2D eigenvalue weighted by atomic mass is 16.5. The molecule has 1 fully saturated rings. The van der Waals surface area contributed by atoms with E-state index in [0.29, 0.717) is 0 Å². The summed E-state index contributed by atoms with van der Waals surface area (Å²) in [6.07, 6.45) is 8.45. The van der Waals surface area contributed by atoms with Crippen LogP contribution < -0.4 is 4.74 Å². The number of aromatic amines is 1. The molecule has 104 valence electrons. The van der Waals surface area contributed by atoms with Gasteiger partial charge < -0.3 is 9.72 Å². The summed E-state index contributed by atoms with van der Waals surface area (Å²) < 4.78 is 5.36. The molecule has 1 atom stereocenters. The van der Waals surface area contributed by atoms with E-state index in [1.807, 2.05) is 6.07 Å². The number of nitrogens with one attached hydrogen (secondary N) is 1. The number of ether oxygens (including phenoxy) is 1. The van der Waals surface area contributed by atoms with Crippen molar-refractivity contribution in [2.45, 2.75) is 25.3 Å². The van der Waals surface area contributed by atoms with E-state index < -0.39 is 0 Å². The molecule has 0 amide bonds. The number of methoxy groups -OCH3 is 1. The molecule has 0 saturated carbocycles. The van der Waals surface area contributed by atoms with Gasteiger partial charge in [0.05, 0.1) is 7.11 Å². The molecule has 3 nitrogen and oxygen atoms in total. The van der Waals surface area contributed by atoms with Crippen LogP contribution in [0.3, 0.4) is 0 Å². The average molecular weight is 268 g/mol. The minimum absolute atomic E-state index is 0.755. The first-order chi connectivity index (χ1) is 9.85. The minimum atomic E-state index is 0.755. The first kappa shape index (κ1) is 12.0. The maximum Gasteiger partial charge on any atom is 0.119 e. The van der Waals surface area contributed by atoms with Gasteiger partial charge in [-0.05, 0) is 49.6 Å². The highest BCUT2D eigenvalue weighted by molar-refractivity contribution is 5.93. The second-order valence-corrected chi connectivity index (χ2v) is 5.84. The number of nitrogens with zero attached hydrogens (tertiary/aromatic N) is 1. The van der Waals surface area contributed by atoms with E-state index in [2.05, 4.69) is 34.3 Å². The Kier molecular flexibility index (Phi) is 2.81. The first-order valence-electron chi connectivity index (χ1n) is 7.44. The van der Waals surface area contributed by atoms with Gasteiger partial charge in [-0.15, -0.1) is 0 Å². The van der Waals surface area contributed by atoms with E-state index >= 15 is 0 Å². The van der Waals surface area contributed by atoms with Gasteiger partial charge in [-0.3, -0.25) is 4.90 Å². The van der Waals surface area contributed by atoms with Crippen molar-refractivity contribution in [1.29, 1.82) is 0 Å². The SMILES string of the molecule is COc1ccc2[nH]cc(C3=CCN4CCCC4C3)c2c1. The summed E-state index contributed by atoms with van der Waals surface area (Å²) in [6.45, 7) is 2.38. The van der Waals surface area contributed by atoms with Crippen LogP contribution in [-0.4, -0.2) is 36.1 Å². The molecule has 20 heavy (non-hydrogen) atoms. The molecule has 0 radical (unpaired) electrons. The van der Waals surface area contributed by atoms with E-state index in [9.17, 15) is 0 Å². The number of H-pyrrole nitrogens is 1. The minimum Gasteiger partial charge on any atom is -0.497 e. The van der Waals surface area contributed by atoms with Crippen molar-refractivity contribution in [2.75, 3.05) is 20.2 Å². The largest absolute Gasteiger partial charge is 0.497 e. The number of hydrogen-bond donors (Lipinski definition) is 1. The maximum absolute atomic E-state index is 5.36. The molecule has 1 N–H and O–H groups in total. The topological polar surface area (TPSA) is 28.3 Å². The van der Waals surface area contributed by atoms with Gasteiger partial charge in [0.25, 0.3) is 0 Å². The lowest BCUT2D eigenvalue weighted by Crippen LogP contribution is -2.32. The molecule has 4 rings (SSSR count). The third-order valence-electron chi connectivity index (χ3n) is 4.76. The monoisotopic (exact) mass is 268 g/mol. The van der Waals surface area contributed by atoms with Crippen LogP contribution in [-0.2, 0) is 0 Å². The first-order valence-corrected chi connectivity index (χ1v) is 7.44. The Balaban J connectivity index is 1.74. The predicted octanol–water partition coefficient (Wildman–Crippen LogP) is 3.43. The lowest BCUT2D eigenvalue weighted by Gasteiger charge is -2.29. The van der Waals surface area contributed by atoms with Gasteiger partial charge in [0, 0.05) is 35.2 Å². The normalized spacial score (nSPS) is 22.9.